The van der Waals surface area contributed by atoms with Crippen molar-refractivity contribution in [1.29, 1.82) is 0 Å². The second-order valence-electron chi connectivity index (χ2n) is 3.50. The Labute approximate surface area is 61.4 Å². The highest BCUT2D eigenvalue weighted by molar-refractivity contribution is 5.08. The molecule has 2 fully saturated rings. The van der Waals surface area contributed by atoms with Gasteiger partial charge in [0.1, 0.15) is 0 Å². The maximum absolute atomic E-state index is 9.53. The summed E-state index contributed by atoms with van der Waals surface area (Å²) in [4.78, 5) is 0. The van der Waals surface area contributed by atoms with Crippen molar-refractivity contribution in [3.63, 3.8) is 0 Å². The van der Waals surface area contributed by atoms with Crippen molar-refractivity contribution in [2.75, 3.05) is 0 Å². The van der Waals surface area contributed by atoms with Gasteiger partial charge in [0.15, 0.2) is 0 Å². The summed E-state index contributed by atoms with van der Waals surface area (Å²) in [6, 6.07) is 0. The monoisotopic (exact) mass is 136 g/mol. The van der Waals surface area contributed by atoms with Crippen molar-refractivity contribution in [2.24, 2.45) is 17.8 Å². The van der Waals surface area contributed by atoms with Gasteiger partial charge >= 0.3 is 0 Å². The summed E-state index contributed by atoms with van der Waals surface area (Å²) in [6.45, 7) is 0. The van der Waals surface area contributed by atoms with E-state index in [0.29, 0.717) is 17.8 Å². The molecule has 0 aromatic rings. The van der Waals surface area contributed by atoms with Crippen molar-refractivity contribution in [2.45, 2.75) is 25.4 Å². The molecule has 0 aromatic carbocycles. The fourth-order valence-electron chi connectivity index (χ4n) is 2.49. The third-order valence-corrected chi connectivity index (χ3v) is 3.08. The van der Waals surface area contributed by atoms with Gasteiger partial charge in [-0.25, -0.2) is 0 Å². The van der Waals surface area contributed by atoms with E-state index in [1.165, 1.54) is 6.42 Å². The smallest absolute Gasteiger partial charge is 0.0608 e. The lowest BCUT2D eigenvalue weighted by molar-refractivity contribution is 0.125. The van der Waals surface area contributed by atoms with Gasteiger partial charge in [0.25, 0.3) is 0 Å². The average molecular weight is 136 g/mol. The quantitative estimate of drug-likeness (QED) is 0.493. The summed E-state index contributed by atoms with van der Waals surface area (Å²) in [5.41, 5.74) is 0. The highest BCUT2D eigenvalue weighted by Crippen LogP contribution is 2.47. The second kappa shape index (κ2) is 2.00. The van der Waals surface area contributed by atoms with Crippen molar-refractivity contribution in [3.8, 4) is 12.3 Å². The van der Waals surface area contributed by atoms with Crippen molar-refractivity contribution < 1.29 is 5.11 Å². The maximum atomic E-state index is 9.53. The molecule has 0 aromatic heterocycles. The zero-order chi connectivity index (χ0) is 7.14. The van der Waals surface area contributed by atoms with E-state index in [-0.39, 0.29) is 6.10 Å². The molecule has 0 amide bonds. The van der Waals surface area contributed by atoms with Gasteiger partial charge < -0.3 is 5.11 Å². The first kappa shape index (κ1) is 6.24. The van der Waals surface area contributed by atoms with E-state index >= 15 is 0 Å². The number of hydrogen-bond acceptors (Lipinski definition) is 1. The van der Waals surface area contributed by atoms with Crippen LogP contribution >= 0.6 is 0 Å². The molecule has 2 rings (SSSR count). The normalized spacial score (nSPS) is 51.2. The summed E-state index contributed by atoms with van der Waals surface area (Å²) in [7, 11) is 0. The number of terminal acetylenes is 1. The van der Waals surface area contributed by atoms with Gasteiger partial charge in [0, 0.05) is 5.92 Å². The zero-order valence-corrected chi connectivity index (χ0v) is 5.96. The summed E-state index contributed by atoms with van der Waals surface area (Å²) in [5.74, 6) is 4.12. The predicted octanol–water partition coefficient (Wildman–Crippen LogP) is 1.03. The molecule has 2 bridgehead atoms. The van der Waals surface area contributed by atoms with Gasteiger partial charge in [-0.2, -0.15) is 0 Å². The van der Waals surface area contributed by atoms with Crippen molar-refractivity contribution in [3.05, 3.63) is 0 Å². The lowest BCUT2D eigenvalue weighted by Crippen LogP contribution is -2.14. The van der Waals surface area contributed by atoms with Crippen LogP contribution in [0, 0.1) is 30.1 Å². The van der Waals surface area contributed by atoms with Crippen LogP contribution in [0.15, 0.2) is 0 Å². The Balaban J connectivity index is 2.17. The Hall–Kier alpha value is -0.480. The minimum absolute atomic E-state index is 0.0685. The molecule has 2 saturated carbocycles. The molecule has 10 heavy (non-hydrogen) atoms. The van der Waals surface area contributed by atoms with E-state index in [1.54, 1.807) is 0 Å². The maximum Gasteiger partial charge on any atom is 0.0608 e. The second-order valence-corrected chi connectivity index (χ2v) is 3.50. The fourth-order valence-corrected chi connectivity index (χ4v) is 2.49. The molecule has 2 aliphatic rings. The van der Waals surface area contributed by atoms with Crippen LogP contribution in [-0.2, 0) is 0 Å². The number of aliphatic hydroxyl groups is 1. The van der Waals surface area contributed by atoms with Gasteiger partial charge in [-0.3, -0.25) is 0 Å². The SMILES string of the molecule is C#C[C@H]1C[C@H]2CC[C@@H]1[C@@H]2O. The van der Waals surface area contributed by atoms with Gasteiger partial charge in [0.05, 0.1) is 6.10 Å². The highest BCUT2D eigenvalue weighted by Gasteiger charge is 2.46. The van der Waals surface area contributed by atoms with Crippen LogP contribution in [-0.4, -0.2) is 11.2 Å². The number of hydrogen-bond donors (Lipinski definition) is 1. The molecule has 0 aliphatic heterocycles. The molecule has 4 atom stereocenters. The van der Waals surface area contributed by atoms with Crippen LogP contribution in [0.5, 0.6) is 0 Å². The summed E-state index contributed by atoms with van der Waals surface area (Å²) in [5, 5.41) is 9.53. The number of rotatable bonds is 0. The molecular formula is C9H12O. The third-order valence-electron chi connectivity index (χ3n) is 3.08. The fraction of sp³-hybridized carbons (Fsp3) is 0.778. The lowest BCUT2D eigenvalue weighted by Gasteiger charge is -2.14. The molecule has 54 valence electrons. The standard InChI is InChI=1S/C9H12O/c1-2-6-5-7-3-4-8(6)9(7)10/h1,6-10H,3-5H2/t6-,7+,8-,9+/m0/s1. The number of aliphatic hydroxyl groups excluding tert-OH is 1. The first-order valence-electron chi connectivity index (χ1n) is 3.97. The minimum Gasteiger partial charge on any atom is -0.393 e. The molecule has 0 spiro atoms. The lowest BCUT2D eigenvalue weighted by atomic mass is 9.90. The molecule has 0 heterocycles. The zero-order valence-electron chi connectivity index (χ0n) is 5.96. The van der Waals surface area contributed by atoms with E-state index in [1.807, 2.05) is 0 Å². The van der Waals surface area contributed by atoms with Crippen molar-refractivity contribution >= 4 is 0 Å². The van der Waals surface area contributed by atoms with Gasteiger partial charge in [0.2, 0.25) is 0 Å². The molecule has 0 unspecified atom stereocenters. The first-order valence-corrected chi connectivity index (χ1v) is 3.97. The summed E-state index contributed by atoms with van der Waals surface area (Å²) in [6.07, 6.45) is 8.68. The van der Waals surface area contributed by atoms with E-state index in [2.05, 4.69) is 5.92 Å². The molecular weight excluding hydrogens is 124 g/mol. The molecule has 0 saturated heterocycles. The van der Waals surface area contributed by atoms with Gasteiger partial charge in [-0.15, -0.1) is 12.3 Å². The first-order chi connectivity index (χ1) is 4.83. The molecule has 2 aliphatic carbocycles. The highest BCUT2D eigenvalue weighted by atomic mass is 16.3. The van der Waals surface area contributed by atoms with E-state index < -0.39 is 0 Å². The summed E-state index contributed by atoms with van der Waals surface area (Å²) < 4.78 is 0. The summed E-state index contributed by atoms with van der Waals surface area (Å²) >= 11 is 0. The molecule has 1 N–H and O–H groups in total. The van der Waals surface area contributed by atoms with Gasteiger partial charge in [-0.1, -0.05) is 0 Å². The Morgan fingerprint density at radius 3 is 2.50 bits per heavy atom. The van der Waals surface area contributed by atoms with E-state index in [4.69, 9.17) is 6.42 Å². The van der Waals surface area contributed by atoms with Crippen LogP contribution in [0.25, 0.3) is 0 Å². The van der Waals surface area contributed by atoms with Crippen LogP contribution in [0.2, 0.25) is 0 Å². The van der Waals surface area contributed by atoms with Gasteiger partial charge in [-0.05, 0) is 31.1 Å². The Kier molecular flexibility index (Phi) is 1.25. The molecule has 1 heteroatoms. The minimum atomic E-state index is -0.0685. The Bertz CT molecular complexity index is 180. The predicted molar refractivity (Wildman–Crippen MR) is 39.2 cm³/mol. The van der Waals surface area contributed by atoms with Crippen LogP contribution in [0.3, 0.4) is 0 Å². The van der Waals surface area contributed by atoms with Crippen LogP contribution < -0.4 is 0 Å². The van der Waals surface area contributed by atoms with Crippen molar-refractivity contribution in [1.82, 2.24) is 0 Å². The third kappa shape index (κ3) is 0.630. The average Bonchev–Trinajstić information content (AvgIpc) is 2.46. The Morgan fingerprint density at radius 1 is 1.40 bits per heavy atom. The molecule has 1 nitrogen and oxygen atoms in total. The topological polar surface area (TPSA) is 20.2 Å². The van der Waals surface area contributed by atoms with E-state index in [0.717, 1.165) is 12.8 Å². The number of fused-ring (bicyclic) bond motifs is 2. The van der Waals surface area contributed by atoms with E-state index in [9.17, 15) is 5.11 Å². The van der Waals surface area contributed by atoms with Crippen LogP contribution in [0.4, 0.5) is 0 Å². The largest absolute Gasteiger partial charge is 0.393 e. The Morgan fingerprint density at radius 2 is 2.20 bits per heavy atom. The van der Waals surface area contributed by atoms with Crippen LogP contribution in [0.1, 0.15) is 19.3 Å². The molecule has 0 radical (unpaired) electrons.